The first kappa shape index (κ1) is 16.3. The Bertz CT molecular complexity index is 266. The van der Waals surface area contributed by atoms with Crippen molar-refractivity contribution in [3.05, 3.63) is 0 Å². The van der Waals surface area contributed by atoms with Gasteiger partial charge in [-0.2, -0.15) is 0 Å². The fourth-order valence-corrected chi connectivity index (χ4v) is 4.18. The second-order valence-electron chi connectivity index (χ2n) is 7.05. The number of hydrogen-bond acceptors (Lipinski definition) is 3. The second kappa shape index (κ2) is 8.35. The van der Waals surface area contributed by atoms with E-state index >= 15 is 0 Å². The highest BCUT2D eigenvalue weighted by Gasteiger charge is 2.30. The fourth-order valence-electron chi connectivity index (χ4n) is 4.18. The maximum atomic E-state index is 5.61. The van der Waals surface area contributed by atoms with E-state index < -0.39 is 0 Å². The molecule has 3 nitrogen and oxygen atoms in total. The maximum absolute atomic E-state index is 5.61. The van der Waals surface area contributed by atoms with Crippen LogP contribution >= 0.6 is 0 Å². The van der Waals surface area contributed by atoms with Gasteiger partial charge in [-0.05, 0) is 64.0 Å². The van der Waals surface area contributed by atoms with E-state index in [0.29, 0.717) is 0 Å². The van der Waals surface area contributed by atoms with Crippen LogP contribution in [0.3, 0.4) is 0 Å². The Hall–Kier alpha value is -0.120. The Labute approximate surface area is 125 Å². The maximum Gasteiger partial charge on any atom is 0.0506 e. The third-order valence-electron chi connectivity index (χ3n) is 5.41. The Morgan fingerprint density at radius 3 is 2.65 bits per heavy atom. The number of ether oxygens (including phenoxy) is 1. The van der Waals surface area contributed by atoms with Gasteiger partial charge in [-0.25, -0.2) is 0 Å². The minimum atomic E-state index is 0.725. The van der Waals surface area contributed by atoms with Gasteiger partial charge in [-0.1, -0.05) is 13.3 Å². The van der Waals surface area contributed by atoms with Crippen LogP contribution in [0.1, 0.15) is 45.4 Å². The molecule has 0 spiro atoms. The Morgan fingerprint density at radius 2 is 2.00 bits per heavy atom. The quantitative estimate of drug-likeness (QED) is 0.811. The van der Waals surface area contributed by atoms with E-state index in [2.05, 4.69) is 31.2 Å². The fraction of sp³-hybridized carbons (Fsp3) is 1.00. The molecule has 0 bridgehead atoms. The second-order valence-corrected chi connectivity index (χ2v) is 7.05. The van der Waals surface area contributed by atoms with Crippen LogP contribution in [0, 0.1) is 17.8 Å². The zero-order chi connectivity index (χ0) is 14.4. The van der Waals surface area contributed by atoms with Crippen molar-refractivity contribution in [2.45, 2.75) is 51.5 Å². The van der Waals surface area contributed by atoms with Crippen LogP contribution < -0.4 is 5.32 Å². The van der Waals surface area contributed by atoms with Crippen molar-refractivity contribution in [2.24, 2.45) is 17.8 Å². The molecule has 0 amide bonds. The van der Waals surface area contributed by atoms with Gasteiger partial charge >= 0.3 is 0 Å². The molecule has 3 heteroatoms. The van der Waals surface area contributed by atoms with Crippen molar-refractivity contribution < 1.29 is 4.74 Å². The standard InChI is InChI=1S/C17H34N2O/c1-4-14-7-8-17(18-2)16(10-14)12-19(3)11-15-6-5-9-20-13-15/h14-18H,4-13H2,1-3H3. The lowest BCUT2D eigenvalue weighted by Crippen LogP contribution is -2.45. The lowest BCUT2D eigenvalue weighted by Gasteiger charge is -2.38. The van der Waals surface area contributed by atoms with Crippen LogP contribution in [-0.4, -0.2) is 51.3 Å². The molecular weight excluding hydrogens is 248 g/mol. The summed E-state index contributed by atoms with van der Waals surface area (Å²) in [6, 6.07) is 0.725. The summed E-state index contributed by atoms with van der Waals surface area (Å²) in [6.45, 7) is 6.76. The molecule has 4 unspecified atom stereocenters. The molecule has 0 radical (unpaired) electrons. The van der Waals surface area contributed by atoms with Crippen LogP contribution in [-0.2, 0) is 4.74 Å². The van der Waals surface area contributed by atoms with E-state index in [1.165, 1.54) is 51.6 Å². The van der Waals surface area contributed by atoms with Crippen molar-refractivity contribution in [1.82, 2.24) is 10.2 Å². The topological polar surface area (TPSA) is 24.5 Å². The molecule has 20 heavy (non-hydrogen) atoms. The summed E-state index contributed by atoms with van der Waals surface area (Å²) in [6.07, 6.45) is 8.14. The average molecular weight is 282 g/mol. The number of rotatable bonds is 6. The van der Waals surface area contributed by atoms with Crippen LogP contribution in [0.5, 0.6) is 0 Å². The van der Waals surface area contributed by atoms with Crippen molar-refractivity contribution >= 4 is 0 Å². The molecule has 118 valence electrons. The van der Waals surface area contributed by atoms with Crippen LogP contribution in [0.15, 0.2) is 0 Å². The minimum absolute atomic E-state index is 0.725. The van der Waals surface area contributed by atoms with Gasteiger partial charge in [0, 0.05) is 25.7 Å². The normalized spacial score (nSPS) is 35.4. The summed E-state index contributed by atoms with van der Waals surface area (Å²) in [5.74, 6) is 2.54. The summed E-state index contributed by atoms with van der Waals surface area (Å²) in [5, 5.41) is 3.56. The molecule has 1 aliphatic carbocycles. The summed E-state index contributed by atoms with van der Waals surface area (Å²) < 4.78 is 5.61. The molecule has 2 rings (SSSR count). The van der Waals surface area contributed by atoms with Crippen molar-refractivity contribution in [1.29, 1.82) is 0 Å². The monoisotopic (exact) mass is 282 g/mol. The van der Waals surface area contributed by atoms with Crippen molar-refractivity contribution in [3.8, 4) is 0 Å². The zero-order valence-electron chi connectivity index (χ0n) is 13.7. The summed E-state index contributed by atoms with van der Waals surface area (Å²) in [7, 11) is 4.44. The Morgan fingerprint density at radius 1 is 1.15 bits per heavy atom. The van der Waals surface area contributed by atoms with Gasteiger partial charge in [0.15, 0.2) is 0 Å². The number of nitrogens with zero attached hydrogens (tertiary/aromatic N) is 1. The van der Waals surface area contributed by atoms with Gasteiger partial charge in [-0.3, -0.25) is 0 Å². The summed E-state index contributed by atoms with van der Waals surface area (Å²) in [5.41, 5.74) is 0. The van der Waals surface area contributed by atoms with Crippen molar-refractivity contribution in [2.75, 3.05) is 40.4 Å². The van der Waals surface area contributed by atoms with Crippen LogP contribution in [0.25, 0.3) is 0 Å². The lowest BCUT2D eigenvalue weighted by molar-refractivity contribution is 0.0372. The highest BCUT2D eigenvalue weighted by molar-refractivity contribution is 4.85. The first-order valence-corrected chi connectivity index (χ1v) is 8.66. The molecule has 1 N–H and O–H groups in total. The molecule has 1 saturated heterocycles. The third kappa shape index (κ3) is 4.71. The molecule has 4 atom stereocenters. The first-order valence-electron chi connectivity index (χ1n) is 8.66. The van der Waals surface area contributed by atoms with Gasteiger partial charge in [0.05, 0.1) is 6.61 Å². The van der Waals surface area contributed by atoms with Crippen LogP contribution in [0.4, 0.5) is 0 Å². The van der Waals surface area contributed by atoms with Gasteiger partial charge in [-0.15, -0.1) is 0 Å². The molecule has 0 aromatic heterocycles. The largest absolute Gasteiger partial charge is 0.381 e. The van der Waals surface area contributed by atoms with E-state index in [-0.39, 0.29) is 0 Å². The predicted molar refractivity (Wildman–Crippen MR) is 85.0 cm³/mol. The molecule has 1 heterocycles. The lowest BCUT2D eigenvalue weighted by atomic mass is 9.76. The zero-order valence-corrected chi connectivity index (χ0v) is 13.7. The number of hydrogen-bond donors (Lipinski definition) is 1. The smallest absolute Gasteiger partial charge is 0.0506 e. The molecule has 1 aliphatic heterocycles. The van der Waals surface area contributed by atoms with E-state index in [1.807, 2.05) is 0 Å². The summed E-state index contributed by atoms with van der Waals surface area (Å²) >= 11 is 0. The Balaban J connectivity index is 1.79. The van der Waals surface area contributed by atoms with Crippen LogP contribution in [0.2, 0.25) is 0 Å². The van der Waals surface area contributed by atoms with Crippen molar-refractivity contribution in [3.63, 3.8) is 0 Å². The molecule has 0 aromatic carbocycles. The van der Waals surface area contributed by atoms with E-state index in [0.717, 1.165) is 37.0 Å². The van der Waals surface area contributed by atoms with Gasteiger partial charge in [0.25, 0.3) is 0 Å². The highest BCUT2D eigenvalue weighted by atomic mass is 16.5. The highest BCUT2D eigenvalue weighted by Crippen LogP contribution is 2.31. The van der Waals surface area contributed by atoms with E-state index in [1.54, 1.807) is 0 Å². The average Bonchev–Trinajstić information content (AvgIpc) is 2.48. The molecular formula is C17H34N2O. The third-order valence-corrected chi connectivity index (χ3v) is 5.41. The molecule has 2 fully saturated rings. The molecule has 1 saturated carbocycles. The Kier molecular flexibility index (Phi) is 6.79. The molecule has 0 aromatic rings. The summed E-state index contributed by atoms with van der Waals surface area (Å²) in [4.78, 5) is 2.56. The SMILES string of the molecule is CCC1CCC(NC)C(CN(C)CC2CCCOC2)C1. The van der Waals surface area contributed by atoms with E-state index in [4.69, 9.17) is 4.74 Å². The predicted octanol–water partition coefficient (Wildman–Crippen LogP) is 2.76. The van der Waals surface area contributed by atoms with Gasteiger partial charge < -0.3 is 15.0 Å². The molecule has 2 aliphatic rings. The van der Waals surface area contributed by atoms with Gasteiger partial charge in [0.1, 0.15) is 0 Å². The van der Waals surface area contributed by atoms with Gasteiger partial charge in [0.2, 0.25) is 0 Å². The number of nitrogens with one attached hydrogen (secondary N) is 1. The minimum Gasteiger partial charge on any atom is -0.381 e. The first-order chi connectivity index (χ1) is 9.72. The van der Waals surface area contributed by atoms with E-state index in [9.17, 15) is 0 Å².